The van der Waals surface area contributed by atoms with Gasteiger partial charge in [-0.15, -0.1) is 0 Å². The SMILES string of the molecule is C=C(N=C(N=C(N)B(O)O)c1ccccc1)c1ccccc1. The molecule has 0 saturated carbocycles. The topological polar surface area (TPSA) is 91.2 Å². The fraction of sp³-hybridized carbons (Fsp3) is 0. The molecule has 0 amide bonds. The monoisotopic (exact) mass is 293 g/mol. The zero-order valence-electron chi connectivity index (χ0n) is 11.9. The Balaban J connectivity index is 2.43. The van der Waals surface area contributed by atoms with Gasteiger partial charge in [-0.2, -0.15) is 0 Å². The summed E-state index contributed by atoms with van der Waals surface area (Å²) in [6.45, 7) is 3.92. The highest BCUT2D eigenvalue weighted by Crippen LogP contribution is 2.15. The molecule has 0 spiro atoms. The number of nitrogens with zero attached hydrogens (tertiary/aromatic N) is 2. The first kappa shape index (κ1) is 15.7. The Morgan fingerprint density at radius 1 is 0.864 bits per heavy atom. The molecule has 22 heavy (non-hydrogen) atoms. The summed E-state index contributed by atoms with van der Waals surface area (Å²) in [5.41, 5.74) is 7.22. The van der Waals surface area contributed by atoms with Crippen LogP contribution in [0.3, 0.4) is 0 Å². The average molecular weight is 293 g/mol. The first-order valence-electron chi connectivity index (χ1n) is 6.66. The van der Waals surface area contributed by atoms with Crippen LogP contribution >= 0.6 is 0 Å². The second kappa shape index (κ2) is 7.35. The van der Waals surface area contributed by atoms with Gasteiger partial charge in [0.1, 0.15) is 5.73 Å². The highest BCUT2D eigenvalue weighted by Gasteiger charge is 2.14. The van der Waals surface area contributed by atoms with Crippen LogP contribution in [0.5, 0.6) is 0 Å². The molecule has 2 aromatic carbocycles. The standard InChI is InChI=1S/C16H16BN3O2/c1-12(13-8-4-2-5-9-13)19-15(20-16(18)17(21)22)14-10-6-3-7-11-14/h2-11,21-22H,1H2,(H2,18,19,20). The molecule has 0 radical (unpaired) electrons. The first-order chi connectivity index (χ1) is 10.6. The molecule has 0 aliphatic carbocycles. The van der Waals surface area contributed by atoms with Crippen LogP contribution in [0, 0.1) is 0 Å². The van der Waals surface area contributed by atoms with E-state index in [4.69, 9.17) is 15.8 Å². The van der Waals surface area contributed by atoms with E-state index in [1.807, 2.05) is 48.5 Å². The number of aliphatic imine (C=N–C) groups is 2. The van der Waals surface area contributed by atoms with Crippen molar-refractivity contribution in [2.75, 3.05) is 0 Å². The van der Waals surface area contributed by atoms with Gasteiger partial charge >= 0.3 is 7.12 Å². The first-order valence-corrected chi connectivity index (χ1v) is 6.66. The van der Waals surface area contributed by atoms with Crippen LogP contribution < -0.4 is 5.73 Å². The number of amidine groups is 2. The van der Waals surface area contributed by atoms with Crippen LogP contribution in [0.15, 0.2) is 77.2 Å². The molecule has 0 fully saturated rings. The van der Waals surface area contributed by atoms with Gasteiger partial charge in [-0.05, 0) is 5.56 Å². The fourth-order valence-electron chi connectivity index (χ4n) is 1.74. The summed E-state index contributed by atoms with van der Waals surface area (Å²) < 4.78 is 0. The number of hydrogen-bond acceptors (Lipinski definition) is 3. The predicted octanol–water partition coefficient (Wildman–Crippen LogP) is 1.47. The van der Waals surface area contributed by atoms with E-state index in [1.165, 1.54) is 0 Å². The van der Waals surface area contributed by atoms with E-state index in [1.54, 1.807) is 12.1 Å². The largest absolute Gasteiger partial charge is 0.525 e. The maximum atomic E-state index is 9.09. The number of benzene rings is 2. The lowest BCUT2D eigenvalue weighted by Gasteiger charge is -2.06. The molecule has 0 heterocycles. The van der Waals surface area contributed by atoms with Crippen LogP contribution in [0.1, 0.15) is 11.1 Å². The van der Waals surface area contributed by atoms with Gasteiger partial charge in [-0.25, -0.2) is 9.98 Å². The van der Waals surface area contributed by atoms with Gasteiger partial charge in [0.2, 0.25) is 0 Å². The Labute approximate surface area is 129 Å². The van der Waals surface area contributed by atoms with Crippen molar-refractivity contribution in [2.24, 2.45) is 15.7 Å². The number of hydrogen-bond donors (Lipinski definition) is 3. The van der Waals surface area contributed by atoms with Crippen molar-refractivity contribution < 1.29 is 10.0 Å². The summed E-state index contributed by atoms with van der Waals surface area (Å²) in [4.78, 5) is 8.37. The molecule has 0 bridgehead atoms. The van der Waals surface area contributed by atoms with Crippen molar-refractivity contribution in [2.45, 2.75) is 0 Å². The minimum Gasteiger partial charge on any atom is -0.421 e. The van der Waals surface area contributed by atoms with Crippen molar-refractivity contribution in [3.05, 3.63) is 78.4 Å². The van der Waals surface area contributed by atoms with E-state index in [0.29, 0.717) is 11.3 Å². The second-order valence-corrected chi connectivity index (χ2v) is 4.52. The third-order valence-electron chi connectivity index (χ3n) is 2.88. The van der Waals surface area contributed by atoms with Gasteiger partial charge in [0.15, 0.2) is 5.84 Å². The van der Waals surface area contributed by atoms with Crippen molar-refractivity contribution in [3.8, 4) is 0 Å². The Morgan fingerprint density at radius 3 is 1.86 bits per heavy atom. The van der Waals surface area contributed by atoms with Crippen LogP contribution in [0.4, 0.5) is 0 Å². The molecule has 0 atom stereocenters. The van der Waals surface area contributed by atoms with Gasteiger partial charge in [0.05, 0.1) is 5.70 Å². The Kier molecular flexibility index (Phi) is 5.24. The van der Waals surface area contributed by atoms with E-state index >= 15 is 0 Å². The van der Waals surface area contributed by atoms with Crippen LogP contribution in [0.25, 0.3) is 5.70 Å². The summed E-state index contributed by atoms with van der Waals surface area (Å²) >= 11 is 0. The molecule has 0 aromatic heterocycles. The number of rotatable bonds is 4. The van der Waals surface area contributed by atoms with Crippen molar-refractivity contribution in [3.63, 3.8) is 0 Å². The quantitative estimate of drug-likeness (QED) is 0.453. The minimum absolute atomic E-state index is 0.264. The summed E-state index contributed by atoms with van der Waals surface area (Å²) in [5.74, 6) is 0.264. The molecular weight excluding hydrogens is 277 g/mol. The van der Waals surface area contributed by atoms with Crippen molar-refractivity contribution in [1.29, 1.82) is 0 Å². The molecule has 6 heteroatoms. The number of nitrogens with two attached hydrogens (primary N) is 1. The molecule has 5 nitrogen and oxygen atoms in total. The Hall–Kier alpha value is -2.70. The van der Waals surface area contributed by atoms with E-state index in [2.05, 4.69) is 16.6 Å². The van der Waals surface area contributed by atoms with Crippen LogP contribution in [0.2, 0.25) is 0 Å². The predicted molar refractivity (Wildman–Crippen MR) is 90.3 cm³/mol. The molecule has 110 valence electrons. The van der Waals surface area contributed by atoms with Crippen LogP contribution in [-0.4, -0.2) is 28.7 Å². The summed E-state index contributed by atoms with van der Waals surface area (Å²) in [6, 6.07) is 18.5. The van der Waals surface area contributed by atoms with E-state index in [-0.39, 0.29) is 11.6 Å². The third-order valence-corrected chi connectivity index (χ3v) is 2.88. The summed E-state index contributed by atoms with van der Waals surface area (Å²) in [7, 11) is -1.83. The van der Waals surface area contributed by atoms with E-state index in [9.17, 15) is 0 Å². The molecule has 0 aliphatic heterocycles. The van der Waals surface area contributed by atoms with Crippen LogP contribution in [-0.2, 0) is 0 Å². The molecule has 0 aliphatic rings. The summed E-state index contributed by atoms with van der Waals surface area (Å²) in [6.07, 6.45) is 0. The molecule has 0 saturated heterocycles. The van der Waals surface area contributed by atoms with Gasteiger partial charge in [0.25, 0.3) is 0 Å². The Bertz CT molecular complexity index is 698. The normalized spacial score (nSPS) is 12.1. The zero-order chi connectivity index (χ0) is 15.9. The highest BCUT2D eigenvalue weighted by molar-refractivity contribution is 6.79. The lowest BCUT2D eigenvalue weighted by molar-refractivity contribution is 0.429. The van der Waals surface area contributed by atoms with Gasteiger partial charge in [-0.1, -0.05) is 67.2 Å². The highest BCUT2D eigenvalue weighted by atomic mass is 16.4. The summed E-state index contributed by atoms with van der Waals surface area (Å²) in [5, 5.41) is 18.2. The maximum absolute atomic E-state index is 9.09. The van der Waals surface area contributed by atoms with Crippen molar-refractivity contribution >= 4 is 24.4 Å². The molecule has 4 N–H and O–H groups in total. The smallest absolute Gasteiger partial charge is 0.421 e. The van der Waals surface area contributed by atoms with E-state index in [0.717, 1.165) is 5.56 Å². The van der Waals surface area contributed by atoms with E-state index < -0.39 is 7.12 Å². The zero-order valence-corrected chi connectivity index (χ0v) is 11.9. The average Bonchev–Trinajstić information content (AvgIpc) is 2.55. The second-order valence-electron chi connectivity index (χ2n) is 4.52. The molecule has 2 aromatic rings. The lowest BCUT2D eigenvalue weighted by atomic mass is 9.90. The fourth-order valence-corrected chi connectivity index (χ4v) is 1.74. The molecular formula is C16H16BN3O2. The third kappa shape index (κ3) is 4.15. The minimum atomic E-state index is -1.83. The molecule has 2 rings (SSSR count). The van der Waals surface area contributed by atoms with Gasteiger partial charge < -0.3 is 15.8 Å². The Morgan fingerprint density at radius 2 is 1.36 bits per heavy atom. The van der Waals surface area contributed by atoms with Gasteiger partial charge in [-0.3, -0.25) is 0 Å². The maximum Gasteiger partial charge on any atom is 0.525 e. The molecule has 0 unspecified atom stereocenters. The lowest BCUT2D eigenvalue weighted by Crippen LogP contribution is -2.34. The van der Waals surface area contributed by atoms with Crippen molar-refractivity contribution in [1.82, 2.24) is 0 Å². The van der Waals surface area contributed by atoms with Gasteiger partial charge in [0, 0.05) is 5.56 Å².